The number of hydrogen-bond acceptors (Lipinski definition) is 10. The van der Waals surface area contributed by atoms with Crippen molar-refractivity contribution < 1.29 is 48.1 Å². The van der Waals surface area contributed by atoms with Crippen molar-refractivity contribution in [1.82, 2.24) is 0 Å². The first-order valence-electron chi connectivity index (χ1n) is 20.7. The van der Waals surface area contributed by atoms with Gasteiger partial charge in [-0.2, -0.15) is 0 Å². The van der Waals surface area contributed by atoms with Gasteiger partial charge < -0.3 is 33.7 Å². The molecule has 64 heavy (non-hydrogen) atoms. The van der Waals surface area contributed by atoms with Crippen LogP contribution < -0.4 is 29.6 Å². The number of aromatic hydroxyl groups is 2. The number of hydrogen-bond donors (Lipinski definition) is 2. The van der Waals surface area contributed by atoms with E-state index < -0.39 is 36.4 Å². The molecule has 0 saturated heterocycles. The molecule has 2 N–H and O–H groups in total. The molecule has 7 aromatic rings. The fourth-order valence-corrected chi connectivity index (χ4v) is 8.85. The van der Waals surface area contributed by atoms with Crippen LogP contribution in [0.5, 0.6) is 34.5 Å². The van der Waals surface area contributed by atoms with Crippen LogP contribution in [0.3, 0.4) is 0 Å². The fourth-order valence-electron chi connectivity index (χ4n) is 7.22. The third-order valence-electron chi connectivity index (χ3n) is 10.3. The molecule has 7 rings (SSSR count). The molecular formula is C53H49O10P. The first-order valence-corrected chi connectivity index (χ1v) is 22.1. The van der Waals surface area contributed by atoms with Crippen molar-refractivity contribution in [2.24, 2.45) is 0 Å². The van der Waals surface area contributed by atoms with E-state index in [1.165, 1.54) is 6.07 Å². The van der Waals surface area contributed by atoms with Crippen LogP contribution in [-0.4, -0.2) is 44.6 Å². The van der Waals surface area contributed by atoms with E-state index in [9.17, 15) is 29.2 Å². The number of phenolic OH excluding ortho intramolecular Hbond substituents is 2. The molecule has 0 amide bonds. The number of carbonyl (C=O) groups is 3. The average molecular weight is 877 g/mol. The molecule has 0 aromatic heterocycles. The maximum atomic E-state index is 14.7. The van der Waals surface area contributed by atoms with Gasteiger partial charge in [0.1, 0.15) is 47.9 Å². The summed E-state index contributed by atoms with van der Waals surface area (Å²) in [5, 5.41) is 22.8. The lowest BCUT2D eigenvalue weighted by Gasteiger charge is -2.28. The van der Waals surface area contributed by atoms with Gasteiger partial charge in [-0.3, -0.25) is 9.59 Å². The number of benzene rings is 7. The SMILES string of the molecule is CC(C)(C)Oc1ccc(OC(C)(C)C(=O)c2cccc(C(=O)C(C)(C)Oc3ccc(OC(=O)c4ccc5cc(O)ccc5c4)cc3)c2)c([PH](=O)c2ccccc2-c2ccccc2O)c1. The number of Topliss-reactive ketones (excluding diaryl/α,β-unsaturated/α-hetero) is 2. The zero-order chi connectivity index (χ0) is 46.0. The van der Waals surface area contributed by atoms with E-state index >= 15 is 0 Å². The Balaban J connectivity index is 1.08. The molecule has 7 aromatic carbocycles. The Hall–Kier alpha value is -7.16. The lowest BCUT2D eigenvalue weighted by atomic mass is 9.91. The molecule has 0 fully saturated rings. The number of rotatable bonds is 14. The number of para-hydroxylation sites is 1. The summed E-state index contributed by atoms with van der Waals surface area (Å²) in [5.41, 5.74) is -1.53. The molecule has 326 valence electrons. The van der Waals surface area contributed by atoms with Gasteiger partial charge in [0.15, 0.2) is 11.2 Å². The Morgan fingerprint density at radius 2 is 1.06 bits per heavy atom. The van der Waals surface area contributed by atoms with Gasteiger partial charge in [0.05, 0.1) is 10.9 Å². The highest BCUT2D eigenvalue weighted by Gasteiger charge is 2.35. The predicted molar refractivity (Wildman–Crippen MR) is 250 cm³/mol. The number of ketones is 2. The number of ether oxygens (including phenoxy) is 4. The van der Waals surface area contributed by atoms with Gasteiger partial charge >= 0.3 is 5.97 Å². The second-order valence-corrected chi connectivity index (χ2v) is 19.1. The van der Waals surface area contributed by atoms with Gasteiger partial charge in [0.25, 0.3) is 0 Å². The van der Waals surface area contributed by atoms with Crippen LogP contribution >= 0.6 is 7.80 Å². The molecule has 0 aliphatic rings. The zero-order valence-electron chi connectivity index (χ0n) is 36.6. The highest BCUT2D eigenvalue weighted by molar-refractivity contribution is 7.62. The van der Waals surface area contributed by atoms with E-state index in [0.717, 1.165) is 10.8 Å². The summed E-state index contributed by atoms with van der Waals surface area (Å²) in [4.78, 5) is 41.2. The van der Waals surface area contributed by atoms with Crippen molar-refractivity contribution in [3.8, 4) is 45.6 Å². The Morgan fingerprint density at radius 3 is 1.73 bits per heavy atom. The van der Waals surface area contributed by atoms with Crippen molar-refractivity contribution in [2.45, 2.75) is 65.3 Å². The molecular weight excluding hydrogens is 828 g/mol. The minimum Gasteiger partial charge on any atom is -0.508 e. The molecule has 0 heterocycles. The lowest BCUT2D eigenvalue weighted by Crippen LogP contribution is -2.40. The summed E-state index contributed by atoms with van der Waals surface area (Å²) in [7, 11) is -2.86. The highest BCUT2D eigenvalue weighted by Crippen LogP contribution is 2.37. The molecule has 0 saturated carbocycles. The molecule has 0 aliphatic carbocycles. The van der Waals surface area contributed by atoms with E-state index in [4.69, 9.17) is 18.9 Å². The minimum absolute atomic E-state index is 0.0464. The largest absolute Gasteiger partial charge is 0.508 e. The molecule has 11 heteroatoms. The van der Waals surface area contributed by atoms with E-state index in [2.05, 4.69) is 0 Å². The van der Waals surface area contributed by atoms with Crippen molar-refractivity contribution in [2.75, 3.05) is 0 Å². The van der Waals surface area contributed by atoms with Gasteiger partial charge in [-0.05, 0) is 144 Å². The smallest absolute Gasteiger partial charge is 0.343 e. The maximum absolute atomic E-state index is 14.7. The molecule has 0 spiro atoms. The maximum Gasteiger partial charge on any atom is 0.343 e. The fraction of sp³-hybridized carbons (Fsp3) is 0.189. The Morgan fingerprint density at radius 1 is 0.484 bits per heavy atom. The van der Waals surface area contributed by atoms with Crippen molar-refractivity contribution in [3.63, 3.8) is 0 Å². The van der Waals surface area contributed by atoms with Crippen molar-refractivity contribution in [3.05, 3.63) is 168 Å². The predicted octanol–water partition coefficient (Wildman–Crippen LogP) is 10.9. The Labute approximate surface area is 372 Å². The second-order valence-electron chi connectivity index (χ2n) is 17.3. The quantitative estimate of drug-likeness (QED) is 0.0468. The molecule has 0 aliphatic heterocycles. The van der Waals surface area contributed by atoms with E-state index in [1.54, 1.807) is 167 Å². The van der Waals surface area contributed by atoms with E-state index in [0.29, 0.717) is 38.8 Å². The highest BCUT2D eigenvalue weighted by atomic mass is 31.1. The molecule has 0 bridgehead atoms. The third kappa shape index (κ3) is 10.2. The van der Waals surface area contributed by atoms with Gasteiger partial charge in [0.2, 0.25) is 11.6 Å². The Kier molecular flexibility index (Phi) is 12.6. The van der Waals surface area contributed by atoms with Gasteiger partial charge in [-0.1, -0.05) is 72.8 Å². The molecule has 1 unspecified atom stereocenters. The minimum atomic E-state index is -2.86. The normalized spacial score (nSPS) is 12.3. The third-order valence-corrected chi connectivity index (χ3v) is 12.1. The van der Waals surface area contributed by atoms with Crippen molar-refractivity contribution >= 4 is 46.7 Å². The van der Waals surface area contributed by atoms with Gasteiger partial charge in [0, 0.05) is 22.0 Å². The van der Waals surface area contributed by atoms with Crippen LogP contribution in [-0.2, 0) is 4.57 Å². The summed E-state index contributed by atoms with van der Waals surface area (Å²) in [6.45, 7) is 12.2. The number of carbonyl (C=O) groups excluding carboxylic acids is 3. The number of esters is 1. The summed E-state index contributed by atoms with van der Waals surface area (Å²) < 4.78 is 39.1. The summed E-state index contributed by atoms with van der Waals surface area (Å²) >= 11 is 0. The summed E-state index contributed by atoms with van der Waals surface area (Å²) in [6, 6.07) is 41.6. The average Bonchev–Trinajstić information content (AvgIpc) is 3.26. The van der Waals surface area contributed by atoms with Crippen LogP contribution in [0.4, 0.5) is 0 Å². The second kappa shape index (κ2) is 17.9. The molecule has 1 atom stereocenters. The zero-order valence-corrected chi connectivity index (χ0v) is 37.6. The van der Waals surface area contributed by atoms with Crippen molar-refractivity contribution in [1.29, 1.82) is 0 Å². The monoisotopic (exact) mass is 876 g/mol. The number of phenols is 2. The van der Waals surface area contributed by atoms with Gasteiger partial charge in [-0.15, -0.1) is 0 Å². The van der Waals surface area contributed by atoms with Gasteiger partial charge in [-0.25, -0.2) is 4.79 Å². The van der Waals surface area contributed by atoms with Crippen LogP contribution in [0.25, 0.3) is 21.9 Å². The summed E-state index contributed by atoms with van der Waals surface area (Å²) in [5.74, 6) is 0.106. The lowest BCUT2D eigenvalue weighted by molar-refractivity contribution is 0.0579. The van der Waals surface area contributed by atoms with Crippen LogP contribution in [0.15, 0.2) is 152 Å². The Bertz CT molecular complexity index is 2930. The topological polar surface area (TPSA) is 146 Å². The van der Waals surface area contributed by atoms with Crippen LogP contribution in [0.1, 0.15) is 79.5 Å². The summed E-state index contributed by atoms with van der Waals surface area (Å²) in [6.07, 6.45) is 0. The molecule has 10 nitrogen and oxygen atoms in total. The first-order chi connectivity index (χ1) is 30.3. The van der Waals surface area contributed by atoms with E-state index in [1.807, 2.05) is 26.8 Å². The first kappa shape index (κ1) is 44.9. The van der Waals surface area contributed by atoms with E-state index in [-0.39, 0.29) is 39.9 Å². The van der Waals surface area contributed by atoms with Crippen LogP contribution in [0, 0.1) is 0 Å². The van der Waals surface area contributed by atoms with Crippen LogP contribution in [0.2, 0.25) is 0 Å². The molecule has 0 radical (unpaired) electrons. The number of fused-ring (bicyclic) bond motifs is 1. The standard InChI is InChI=1S/C53H49O10P/c1-51(2,3)61-41-27-28-45(47(32-41)64(59)46-18-11-9-16-43(46)42-15-8-10-17-44(42)55)63-53(6,7)49(57)36-14-12-13-35(30-36)48(56)52(4,5)62-40-25-23-39(24-26-40)60-50(58)37-20-19-34-31-38(54)22-21-33(34)29-37/h8-32,54-55,64H,1-7H3.